The molecule has 2 aromatic rings. The fraction of sp³-hybridized carbons (Fsp3) is 0.231. The van der Waals surface area contributed by atoms with Gasteiger partial charge in [0.2, 0.25) is 5.95 Å². The molecule has 18 heavy (non-hydrogen) atoms. The SMILES string of the molecule is Fc1cnc(NCCCOc2ccccc2)nc1. The maximum absolute atomic E-state index is 12.5. The van der Waals surface area contributed by atoms with Crippen molar-refractivity contribution in [2.75, 3.05) is 18.5 Å². The van der Waals surface area contributed by atoms with Gasteiger partial charge in [-0.25, -0.2) is 14.4 Å². The molecule has 1 aromatic carbocycles. The van der Waals surface area contributed by atoms with Crippen molar-refractivity contribution in [3.63, 3.8) is 0 Å². The monoisotopic (exact) mass is 247 g/mol. The zero-order valence-electron chi connectivity index (χ0n) is 9.84. The zero-order chi connectivity index (χ0) is 12.6. The Hall–Kier alpha value is -2.17. The second kappa shape index (κ2) is 6.54. The lowest BCUT2D eigenvalue weighted by Gasteiger charge is -2.06. The van der Waals surface area contributed by atoms with E-state index in [1.54, 1.807) is 0 Å². The van der Waals surface area contributed by atoms with Crippen molar-refractivity contribution in [1.29, 1.82) is 0 Å². The summed E-state index contributed by atoms with van der Waals surface area (Å²) < 4.78 is 18.1. The molecule has 1 heterocycles. The van der Waals surface area contributed by atoms with Crippen LogP contribution in [0.5, 0.6) is 5.75 Å². The fourth-order valence-electron chi connectivity index (χ4n) is 1.38. The maximum atomic E-state index is 12.5. The molecule has 0 bridgehead atoms. The highest BCUT2D eigenvalue weighted by Crippen LogP contribution is 2.08. The Bertz CT molecular complexity index is 461. The summed E-state index contributed by atoms with van der Waals surface area (Å²) in [6.07, 6.45) is 3.08. The number of rotatable bonds is 6. The van der Waals surface area contributed by atoms with Gasteiger partial charge in [-0.3, -0.25) is 0 Å². The lowest BCUT2D eigenvalue weighted by molar-refractivity contribution is 0.315. The second-order valence-corrected chi connectivity index (χ2v) is 3.67. The van der Waals surface area contributed by atoms with Crippen molar-refractivity contribution in [3.8, 4) is 5.75 Å². The molecule has 4 nitrogen and oxygen atoms in total. The van der Waals surface area contributed by atoms with Gasteiger partial charge in [-0.15, -0.1) is 0 Å². The Morgan fingerprint density at radius 3 is 2.56 bits per heavy atom. The van der Waals surface area contributed by atoms with Gasteiger partial charge in [0.1, 0.15) is 5.75 Å². The van der Waals surface area contributed by atoms with Gasteiger partial charge in [0.25, 0.3) is 0 Å². The molecule has 0 aliphatic rings. The van der Waals surface area contributed by atoms with Crippen LogP contribution in [0, 0.1) is 5.82 Å². The van der Waals surface area contributed by atoms with E-state index in [0.29, 0.717) is 19.1 Å². The Kier molecular flexibility index (Phi) is 4.46. The van der Waals surface area contributed by atoms with Crippen LogP contribution in [0.1, 0.15) is 6.42 Å². The average Bonchev–Trinajstić information content (AvgIpc) is 2.42. The van der Waals surface area contributed by atoms with Gasteiger partial charge >= 0.3 is 0 Å². The number of hydrogen-bond acceptors (Lipinski definition) is 4. The summed E-state index contributed by atoms with van der Waals surface area (Å²) in [4.78, 5) is 7.59. The number of ether oxygens (including phenoxy) is 1. The highest BCUT2D eigenvalue weighted by Gasteiger charge is 1.96. The summed E-state index contributed by atoms with van der Waals surface area (Å²) in [5.74, 6) is 0.847. The number of nitrogens with zero attached hydrogens (tertiary/aromatic N) is 2. The van der Waals surface area contributed by atoms with Crippen molar-refractivity contribution in [1.82, 2.24) is 9.97 Å². The lowest BCUT2D eigenvalue weighted by atomic mass is 10.3. The Balaban J connectivity index is 1.63. The van der Waals surface area contributed by atoms with Crippen LogP contribution in [-0.4, -0.2) is 23.1 Å². The van der Waals surface area contributed by atoms with Crippen LogP contribution < -0.4 is 10.1 Å². The van der Waals surface area contributed by atoms with Crippen molar-refractivity contribution >= 4 is 5.95 Å². The zero-order valence-corrected chi connectivity index (χ0v) is 9.84. The van der Waals surface area contributed by atoms with Gasteiger partial charge in [0.15, 0.2) is 5.82 Å². The quantitative estimate of drug-likeness (QED) is 0.797. The molecule has 1 N–H and O–H groups in total. The molecular weight excluding hydrogens is 233 g/mol. The molecule has 0 atom stereocenters. The van der Waals surface area contributed by atoms with E-state index >= 15 is 0 Å². The molecule has 0 aliphatic carbocycles. The molecule has 1 aromatic heterocycles. The molecule has 94 valence electrons. The first-order valence-corrected chi connectivity index (χ1v) is 5.74. The predicted octanol–water partition coefficient (Wildman–Crippen LogP) is 2.50. The second-order valence-electron chi connectivity index (χ2n) is 3.67. The van der Waals surface area contributed by atoms with Crippen LogP contribution in [0.4, 0.5) is 10.3 Å². The van der Waals surface area contributed by atoms with Crippen LogP contribution in [0.2, 0.25) is 0 Å². The summed E-state index contributed by atoms with van der Waals surface area (Å²) in [5.41, 5.74) is 0. The highest BCUT2D eigenvalue weighted by atomic mass is 19.1. The van der Waals surface area contributed by atoms with E-state index in [9.17, 15) is 4.39 Å². The van der Waals surface area contributed by atoms with Crippen molar-refractivity contribution in [2.24, 2.45) is 0 Å². The van der Waals surface area contributed by atoms with Gasteiger partial charge in [-0.05, 0) is 18.6 Å². The molecule has 5 heteroatoms. The van der Waals surface area contributed by atoms with E-state index in [1.165, 1.54) is 0 Å². The van der Waals surface area contributed by atoms with E-state index in [-0.39, 0.29) is 0 Å². The highest BCUT2D eigenvalue weighted by molar-refractivity contribution is 5.22. The summed E-state index contributed by atoms with van der Waals surface area (Å²) in [6.45, 7) is 1.29. The molecule has 0 fully saturated rings. The predicted molar refractivity (Wildman–Crippen MR) is 67.0 cm³/mol. The minimum atomic E-state index is -0.437. The van der Waals surface area contributed by atoms with Gasteiger partial charge in [0, 0.05) is 6.54 Å². The molecule has 2 rings (SSSR count). The molecule has 0 unspecified atom stereocenters. The number of para-hydroxylation sites is 1. The molecule has 0 aliphatic heterocycles. The summed E-state index contributed by atoms with van der Waals surface area (Å²) in [5, 5.41) is 2.99. The maximum Gasteiger partial charge on any atom is 0.222 e. The van der Waals surface area contributed by atoms with E-state index in [2.05, 4.69) is 15.3 Å². The van der Waals surface area contributed by atoms with E-state index in [4.69, 9.17) is 4.74 Å². The number of benzene rings is 1. The minimum absolute atomic E-state index is 0.427. The van der Waals surface area contributed by atoms with Crippen LogP contribution in [0.15, 0.2) is 42.7 Å². The summed E-state index contributed by atoms with van der Waals surface area (Å²) in [7, 11) is 0. The topological polar surface area (TPSA) is 47.0 Å². The van der Waals surface area contributed by atoms with Crippen LogP contribution in [0.25, 0.3) is 0 Å². The average molecular weight is 247 g/mol. The lowest BCUT2D eigenvalue weighted by Crippen LogP contribution is -2.09. The number of aromatic nitrogens is 2. The van der Waals surface area contributed by atoms with Gasteiger partial charge < -0.3 is 10.1 Å². The summed E-state index contributed by atoms with van der Waals surface area (Å²) >= 11 is 0. The first kappa shape index (κ1) is 12.3. The van der Waals surface area contributed by atoms with E-state index in [1.807, 2.05) is 30.3 Å². The van der Waals surface area contributed by atoms with Gasteiger partial charge in [-0.1, -0.05) is 18.2 Å². The molecule has 0 radical (unpaired) electrons. The van der Waals surface area contributed by atoms with Crippen LogP contribution in [-0.2, 0) is 0 Å². The van der Waals surface area contributed by atoms with Gasteiger partial charge in [-0.2, -0.15) is 0 Å². The Morgan fingerprint density at radius 2 is 1.83 bits per heavy atom. The normalized spacial score (nSPS) is 10.1. The molecule has 0 spiro atoms. The molecule has 0 saturated heterocycles. The van der Waals surface area contributed by atoms with Crippen molar-refractivity contribution in [2.45, 2.75) is 6.42 Å². The standard InChI is InChI=1S/C13H14FN3O/c14-11-9-16-13(17-10-11)15-7-4-8-18-12-5-2-1-3-6-12/h1-3,5-6,9-10H,4,7-8H2,(H,15,16,17). The number of halogens is 1. The van der Waals surface area contributed by atoms with Crippen LogP contribution >= 0.6 is 0 Å². The largest absolute Gasteiger partial charge is 0.494 e. The third kappa shape index (κ3) is 4.01. The van der Waals surface area contributed by atoms with Gasteiger partial charge in [0.05, 0.1) is 19.0 Å². The molecule has 0 amide bonds. The third-order valence-corrected chi connectivity index (χ3v) is 2.24. The first-order valence-electron chi connectivity index (χ1n) is 5.74. The first-order chi connectivity index (χ1) is 8.84. The minimum Gasteiger partial charge on any atom is -0.494 e. The third-order valence-electron chi connectivity index (χ3n) is 2.24. The summed E-state index contributed by atoms with van der Waals surface area (Å²) in [6, 6.07) is 9.63. The van der Waals surface area contributed by atoms with Crippen molar-refractivity contribution < 1.29 is 9.13 Å². The number of nitrogens with one attached hydrogen (secondary N) is 1. The number of hydrogen-bond donors (Lipinski definition) is 1. The number of anilines is 1. The molecular formula is C13H14FN3O. The molecule has 0 saturated carbocycles. The Morgan fingerprint density at radius 1 is 1.11 bits per heavy atom. The fourth-order valence-corrected chi connectivity index (χ4v) is 1.38. The van der Waals surface area contributed by atoms with E-state index in [0.717, 1.165) is 24.6 Å². The van der Waals surface area contributed by atoms with Crippen molar-refractivity contribution in [3.05, 3.63) is 48.5 Å². The van der Waals surface area contributed by atoms with E-state index < -0.39 is 5.82 Å². The van der Waals surface area contributed by atoms with Crippen LogP contribution in [0.3, 0.4) is 0 Å². The smallest absolute Gasteiger partial charge is 0.222 e. The Labute approximate surface area is 105 Å².